The molecule has 1 aliphatic heterocycles. The number of amides is 1. The van der Waals surface area contributed by atoms with E-state index in [1.54, 1.807) is 12.1 Å². The van der Waals surface area contributed by atoms with E-state index < -0.39 is 11.7 Å². The summed E-state index contributed by atoms with van der Waals surface area (Å²) in [6, 6.07) is 4.87. The van der Waals surface area contributed by atoms with Crippen LogP contribution in [0.3, 0.4) is 0 Å². The second-order valence-electron chi connectivity index (χ2n) is 7.52. The molecule has 1 saturated heterocycles. The molecular formula is C21H26FN3O4. The van der Waals surface area contributed by atoms with E-state index in [-0.39, 0.29) is 24.2 Å². The number of nitrogens with one attached hydrogen (secondary N) is 1. The van der Waals surface area contributed by atoms with Gasteiger partial charge in [-0.2, -0.15) is 4.98 Å². The highest BCUT2D eigenvalue weighted by Crippen LogP contribution is 2.28. The molecule has 1 N–H and O–H groups in total. The van der Waals surface area contributed by atoms with E-state index in [0.29, 0.717) is 17.5 Å². The third kappa shape index (κ3) is 4.53. The molecule has 8 heteroatoms. The number of anilines is 2. The number of hydrogen-bond acceptors (Lipinski definition) is 6. The molecule has 0 bridgehead atoms. The Kier molecular flexibility index (Phi) is 5.99. The first-order chi connectivity index (χ1) is 14.1. The molecule has 0 unspecified atom stereocenters. The fourth-order valence-corrected chi connectivity index (χ4v) is 3.84. The summed E-state index contributed by atoms with van der Waals surface area (Å²) >= 11 is 0. The van der Waals surface area contributed by atoms with Gasteiger partial charge in [-0.15, -0.1) is 0 Å². The third-order valence-electron chi connectivity index (χ3n) is 5.34. The molecule has 156 valence electrons. The number of carbonyl (C=O) groups is 1. The molecular weight excluding hydrogens is 377 g/mol. The maximum Gasteiger partial charge on any atom is 0.298 e. The highest BCUT2D eigenvalue weighted by molar-refractivity contribution is 6.03. The Bertz CT molecular complexity index is 858. The third-order valence-corrected chi connectivity index (χ3v) is 5.34. The van der Waals surface area contributed by atoms with Gasteiger partial charge in [0.05, 0.1) is 6.10 Å². The van der Waals surface area contributed by atoms with Crippen LogP contribution in [0.25, 0.3) is 0 Å². The second kappa shape index (κ2) is 8.82. The van der Waals surface area contributed by atoms with Crippen molar-refractivity contribution >= 4 is 17.6 Å². The number of rotatable bonds is 7. The van der Waals surface area contributed by atoms with Crippen LogP contribution < -0.4 is 15.0 Å². The lowest BCUT2D eigenvalue weighted by molar-refractivity contribution is 0.101. The maximum atomic E-state index is 14.4. The summed E-state index contributed by atoms with van der Waals surface area (Å²) in [5.74, 6) is -0.388. The van der Waals surface area contributed by atoms with Gasteiger partial charge in [0, 0.05) is 32.0 Å². The number of carbonyl (C=O) groups excluding carboxylic acids is 1. The summed E-state index contributed by atoms with van der Waals surface area (Å²) in [5.41, 5.74) is 0.487. The first-order valence-electron chi connectivity index (χ1n) is 10.1. The van der Waals surface area contributed by atoms with Crippen molar-refractivity contribution in [1.29, 1.82) is 0 Å². The molecule has 1 amide bonds. The molecule has 0 atom stereocenters. The summed E-state index contributed by atoms with van der Waals surface area (Å²) in [6.07, 6.45) is 6.33. The van der Waals surface area contributed by atoms with Crippen LogP contribution in [-0.4, -0.2) is 37.2 Å². The van der Waals surface area contributed by atoms with Crippen LogP contribution in [0.5, 0.6) is 5.75 Å². The smallest absolute Gasteiger partial charge is 0.298 e. The van der Waals surface area contributed by atoms with Crippen LogP contribution in [-0.2, 0) is 11.3 Å². The summed E-state index contributed by atoms with van der Waals surface area (Å²) in [7, 11) is 1.53. The van der Waals surface area contributed by atoms with Gasteiger partial charge in [0.15, 0.2) is 23.0 Å². The lowest BCUT2D eigenvalue weighted by Gasteiger charge is -2.14. The molecule has 2 aliphatic rings. The van der Waals surface area contributed by atoms with Gasteiger partial charge < -0.3 is 24.1 Å². The van der Waals surface area contributed by atoms with Gasteiger partial charge in [-0.1, -0.05) is 0 Å². The standard InChI is InChI=1S/C21H26FN3O4/c1-27-13-18-19(24-21(29-18)25-10-4-5-11-25)20(26)23-14-8-9-17(16(22)12-14)28-15-6-2-3-7-15/h8-9,12,15H,2-7,10-11,13H2,1H3,(H,23,26). The first-order valence-corrected chi connectivity index (χ1v) is 10.1. The van der Waals surface area contributed by atoms with Crippen LogP contribution in [0, 0.1) is 5.82 Å². The van der Waals surface area contributed by atoms with Gasteiger partial charge in [-0.05, 0) is 50.7 Å². The Morgan fingerprint density at radius 1 is 1.28 bits per heavy atom. The molecule has 29 heavy (non-hydrogen) atoms. The van der Waals surface area contributed by atoms with Gasteiger partial charge in [0.25, 0.3) is 11.9 Å². The van der Waals surface area contributed by atoms with Gasteiger partial charge in [0.1, 0.15) is 6.61 Å². The Labute approximate surface area is 169 Å². The number of ether oxygens (including phenoxy) is 2. The Morgan fingerprint density at radius 3 is 2.72 bits per heavy atom. The number of aromatic nitrogens is 1. The molecule has 0 radical (unpaired) electrons. The number of nitrogens with zero attached hydrogens (tertiary/aromatic N) is 2. The quantitative estimate of drug-likeness (QED) is 0.749. The molecule has 4 rings (SSSR count). The summed E-state index contributed by atoms with van der Waals surface area (Å²) < 4.78 is 31.0. The van der Waals surface area contributed by atoms with Gasteiger partial charge in [-0.25, -0.2) is 4.39 Å². The van der Waals surface area contributed by atoms with Crippen molar-refractivity contribution in [2.75, 3.05) is 30.4 Å². The average Bonchev–Trinajstić information content (AvgIpc) is 3.45. The molecule has 1 aromatic carbocycles. The second-order valence-corrected chi connectivity index (χ2v) is 7.52. The number of hydrogen-bond donors (Lipinski definition) is 1. The monoisotopic (exact) mass is 403 g/mol. The fourth-order valence-electron chi connectivity index (χ4n) is 3.84. The van der Waals surface area contributed by atoms with E-state index in [4.69, 9.17) is 13.9 Å². The highest BCUT2D eigenvalue weighted by Gasteiger charge is 2.25. The number of benzene rings is 1. The van der Waals surface area contributed by atoms with E-state index >= 15 is 0 Å². The van der Waals surface area contributed by atoms with Crippen LogP contribution in [0.1, 0.15) is 54.8 Å². The fraction of sp³-hybridized carbons (Fsp3) is 0.524. The molecule has 1 saturated carbocycles. The molecule has 1 aliphatic carbocycles. The van der Waals surface area contributed by atoms with E-state index in [1.807, 2.05) is 4.90 Å². The van der Waals surface area contributed by atoms with E-state index in [9.17, 15) is 9.18 Å². The van der Waals surface area contributed by atoms with Gasteiger partial charge >= 0.3 is 0 Å². The van der Waals surface area contributed by atoms with E-state index in [0.717, 1.165) is 51.6 Å². The number of halogens is 1. The van der Waals surface area contributed by atoms with Gasteiger partial charge in [-0.3, -0.25) is 4.79 Å². The van der Waals surface area contributed by atoms with Crippen molar-refractivity contribution in [2.24, 2.45) is 0 Å². The Morgan fingerprint density at radius 2 is 2.03 bits per heavy atom. The van der Waals surface area contributed by atoms with Crippen LogP contribution in [0.2, 0.25) is 0 Å². The van der Waals surface area contributed by atoms with Crippen LogP contribution in [0.15, 0.2) is 22.6 Å². The minimum Gasteiger partial charge on any atom is -0.487 e. The topological polar surface area (TPSA) is 76.8 Å². The molecule has 7 nitrogen and oxygen atoms in total. The van der Waals surface area contributed by atoms with Crippen LogP contribution >= 0.6 is 0 Å². The zero-order valence-electron chi connectivity index (χ0n) is 16.6. The molecule has 0 spiro atoms. The number of methoxy groups -OCH3 is 1. The first kappa shape index (κ1) is 19.7. The highest BCUT2D eigenvalue weighted by atomic mass is 19.1. The maximum absolute atomic E-state index is 14.4. The Balaban J connectivity index is 1.47. The molecule has 2 fully saturated rings. The normalized spacial score (nSPS) is 17.1. The summed E-state index contributed by atoms with van der Waals surface area (Å²) in [6.45, 7) is 1.83. The Hall–Kier alpha value is -2.61. The average molecular weight is 403 g/mol. The summed E-state index contributed by atoms with van der Waals surface area (Å²) in [4.78, 5) is 19.1. The van der Waals surface area contributed by atoms with Gasteiger partial charge in [0.2, 0.25) is 0 Å². The lowest BCUT2D eigenvalue weighted by Crippen LogP contribution is -2.19. The number of oxazole rings is 1. The van der Waals surface area contributed by atoms with Crippen molar-refractivity contribution in [1.82, 2.24) is 4.98 Å². The summed E-state index contributed by atoms with van der Waals surface area (Å²) in [5, 5.41) is 2.69. The molecule has 1 aromatic heterocycles. The zero-order chi connectivity index (χ0) is 20.2. The minimum absolute atomic E-state index is 0.0701. The minimum atomic E-state index is -0.496. The van der Waals surface area contributed by atoms with Crippen molar-refractivity contribution in [3.8, 4) is 5.75 Å². The largest absolute Gasteiger partial charge is 0.487 e. The SMILES string of the molecule is COCc1oc(N2CCCC2)nc1C(=O)Nc1ccc(OC2CCCC2)c(F)c1. The van der Waals surface area contributed by atoms with E-state index in [2.05, 4.69) is 10.3 Å². The van der Waals surface area contributed by atoms with Crippen LogP contribution in [0.4, 0.5) is 16.1 Å². The lowest BCUT2D eigenvalue weighted by atomic mass is 10.2. The van der Waals surface area contributed by atoms with Crippen molar-refractivity contribution < 1.29 is 23.1 Å². The van der Waals surface area contributed by atoms with Crippen molar-refractivity contribution in [3.05, 3.63) is 35.5 Å². The predicted molar refractivity (Wildman–Crippen MR) is 106 cm³/mol. The zero-order valence-corrected chi connectivity index (χ0v) is 16.6. The van der Waals surface area contributed by atoms with Crippen molar-refractivity contribution in [3.63, 3.8) is 0 Å². The predicted octanol–water partition coefficient (Wildman–Crippen LogP) is 4.13. The molecule has 2 aromatic rings. The molecule has 2 heterocycles. The van der Waals surface area contributed by atoms with Crippen molar-refractivity contribution in [2.45, 2.75) is 51.2 Å². The van der Waals surface area contributed by atoms with E-state index in [1.165, 1.54) is 13.2 Å².